The largest absolute Gasteiger partial charge is 0.490 e. The third-order valence-corrected chi connectivity index (χ3v) is 5.69. The van der Waals surface area contributed by atoms with Gasteiger partial charge < -0.3 is 19.4 Å². The van der Waals surface area contributed by atoms with Crippen LogP contribution in [0.5, 0.6) is 11.5 Å². The van der Waals surface area contributed by atoms with E-state index in [-0.39, 0.29) is 11.9 Å². The summed E-state index contributed by atoms with van der Waals surface area (Å²) in [5.41, 5.74) is 3.02. The molecule has 1 N–H and O–H groups in total. The highest BCUT2D eigenvalue weighted by molar-refractivity contribution is 7.99. The van der Waals surface area contributed by atoms with E-state index in [0.717, 1.165) is 34.0 Å². The molecule has 7 heteroatoms. The standard InChI is InChI=1S/C23H29N3O3S/c1-5-26-19-11-9-8-10-18(19)25-23(26)30-15-22(27)24-16(4)17-12-13-20(28-6-2)21(14-17)29-7-3/h8-14,16H,5-7,15H2,1-4H3,(H,24,27). The third-order valence-electron chi connectivity index (χ3n) is 4.71. The van der Waals surface area contributed by atoms with Gasteiger partial charge in [-0.1, -0.05) is 30.0 Å². The fourth-order valence-corrected chi connectivity index (χ4v) is 4.19. The number of hydrogen-bond donors (Lipinski definition) is 1. The molecule has 1 amide bonds. The van der Waals surface area contributed by atoms with Crippen molar-refractivity contribution in [2.75, 3.05) is 19.0 Å². The number of rotatable bonds is 10. The molecule has 1 atom stereocenters. The van der Waals surface area contributed by atoms with Gasteiger partial charge in [0.05, 0.1) is 36.0 Å². The van der Waals surface area contributed by atoms with Crippen LogP contribution < -0.4 is 14.8 Å². The van der Waals surface area contributed by atoms with Crippen molar-refractivity contribution < 1.29 is 14.3 Å². The van der Waals surface area contributed by atoms with Crippen molar-refractivity contribution in [2.24, 2.45) is 0 Å². The number of nitrogens with one attached hydrogen (secondary N) is 1. The third kappa shape index (κ3) is 5.08. The maximum absolute atomic E-state index is 12.6. The van der Waals surface area contributed by atoms with Crippen molar-refractivity contribution in [1.29, 1.82) is 0 Å². The molecule has 1 aromatic heterocycles. The molecule has 0 spiro atoms. The molecule has 0 aliphatic rings. The first-order chi connectivity index (χ1) is 14.6. The number of thioether (sulfide) groups is 1. The minimum absolute atomic E-state index is 0.0333. The molecule has 6 nitrogen and oxygen atoms in total. The molecule has 0 aliphatic heterocycles. The molecule has 3 rings (SSSR count). The summed E-state index contributed by atoms with van der Waals surface area (Å²) in [5.74, 6) is 1.69. The first-order valence-corrected chi connectivity index (χ1v) is 11.3. The second-order valence-electron chi connectivity index (χ2n) is 6.78. The maximum atomic E-state index is 12.6. The van der Waals surface area contributed by atoms with E-state index >= 15 is 0 Å². The Balaban J connectivity index is 1.64. The van der Waals surface area contributed by atoms with Gasteiger partial charge in [-0.15, -0.1) is 0 Å². The normalized spacial score (nSPS) is 12.0. The van der Waals surface area contributed by atoms with Crippen molar-refractivity contribution in [3.8, 4) is 11.5 Å². The van der Waals surface area contributed by atoms with E-state index in [0.29, 0.717) is 24.7 Å². The zero-order valence-corrected chi connectivity index (χ0v) is 18.8. The topological polar surface area (TPSA) is 65.4 Å². The lowest BCUT2D eigenvalue weighted by molar-refractivity contribution is -0.119. The number of para-hydroxylation sites is 2. The van der Waals surface area contributed by atoms with Crippen LogP contribution in [0.3, 0.4) is 0 Å². The highest BCUT2D eigenvalue weighted by Crippen LogP contribution is 2.31. The summed E-state index contributed by atoms with van der Waals surface area (Å²) in [6.07, 6.45) is 0. The lowest BCUT2D eigenvalue weighted by Crippen LogP contribution is -2.28. The fourth-order valence-electron chi connectivity index (χ4n) is 3.30. The molecule has 160 valence electrons. The quantitative estimate of drug-likeness (QED) is 0.470. The smallest absolute Gasteiger partial charge is 0.230 e. The highest BCUT2D eigenvalue weighted by atomic mass is 32.2. The Bertz CT molecular complexity index is 1000. The predicted molar refractivity (Wildman–Crippen MR) is 121 cm³/mol. The first-order valence-electron chi connectivity index (χ1n) is 10.3. The van der Waals surface area contributed by atoms with E-state index < -0.39 is 0 Å². The van der Waals surface area contributed by atoms with Crippen LogP contribution in [0, 0.1) is 0 Å². The van der Waals surface area contributed by atoms with Gasteiger partial charge >= 0.3 is 0 Å². The number of imidazole rings is 1. The van der Waals surface area contributed by atoms with Gasteiger partial charge in [-0.05, 0) is 57.5 Å². The second kappa shape index (κ2) is 10.4. The van der Waals surface area contributed by atoms with Crippen LogP contribution in [0.25, 0.3) is 11.0 Å². The minimum Gasteiger partial charge on any atom is -0.490 e. The number of nitrogens with zero attached hydrogens (tertiary/aromatic N) is 2. The van der Waals surface area contributed by atoms with Crippen molar-refractivity contribution in [3.05, 3.63) is 48.0 Å². The molecule has 0 bridgehead atoms. The number of carbonyl (C=O) groups is 1. The SMILES string of the molecule is CCOc1ccc(C(C)NC(=O)CSc2nc3ccccc3n2CC)cc1OCC. The van der Waals surface area contributed by atoms with Crippen LogP contribution in [0.15, 0.2) is 47.6 Å². The fraction of sp³-hybridized carbons (Fsp3) is 0.391. The number of fused-ring (bicyclic) bond motifs is 1. The molecule has 30 heavy (non-hydrogen) atoms. The summed E-state index contributed by atoms with van der Waals surface area (Å²) in [6.45, 7) is 9.88. The molecule has 3 aromatic rings. The predicted octanol–water partition coefficient (Wildman–Crippen LogP) is 4.82. The van der Waals surface area contributed by atoms with Crippen LogP contribution in [-0.2, 0) is 11.3 Å². The Morgan fingerprint density at radius 3 is 2.57 bits per heavy atom. The van der Waals surface area contributed by atoms with Gasteiger partial charge in [0.1, 0.15) is 0 Å². The van der Waals surface area contributed by atoms with Crippen LogP contribution in [0.2, 0.25) is 0 Å². The molecule has 0 saturated heterocycles. The van der Waals surface area contributed by atoms with Crippen LogP contribution in [0.1, 0.15) is 39.3 Å². The van der Waals surface area contributed by atoms with Crippen molar-refractivity contribution >= 4 is 28.7 Å². The number of carbonyl (C=O) groups excluding carboxylic acids is 1. The Morgan fingerprint density at radius 1 is 1.10 bits per heavy atom. The van der Waals surface area contributed by atoms with E-state index in [1.54, 1.807) is 0 Å². The highest BCUT2D eigenvalue weighted by Gasteiger charge is 2.15. The number of hydrogen-bond acceptors (Lipinski definition) is 5. The molecular weight excluding hydrogens is 398 g/mol. The van der Waals surface area contributed by atoms with Gasteiger partial charge in [0.2, 0.25) is 5.91 Å². The van der Waals surface area contributed by atoms with E-state index in [2.05, 4.69) is 27.9 Å². The number of aromatic nitrogens is 2. The first kappa shape index (κ1) is 22.0. The molecule has 1 unspecified atom stereocenters. The average Bonchev–Trinajstić information content (AvgIpc) is 3.11. The van der Waals surface area contributed by atoms with Crippen molar-refractivity contribution in [3.63, 3.8) is 0 Å². The average molecular weight is 428 g/mol. The Labute approximate surface area is 182 Å². The lowest BCUT2D eigenvalue weighted by Gasteiger charge is -2.17. The summed E-state index contributed by atoms with van der Waals surface area (Å²) in [6, 6.07) is 13.7. The molecule has 0 saturated carbocycles. The molecule has 0 fully saturated rings. The summed E-state index contributed by atoms with van der Waals surface area (Å²) in [5, 5.41) is 3.93. The summed E-state index contributed by atoms with van der Waals surface area (Å²) in [7, 11) is 0. The Morgan fingerprint density at radius 2 is 1.83 bits per heavy atom. The molecule has 2 aromatic carbocycles. The van der Waals surface area contributed by atoms with Crippen LogP contribution >= 0.6 is 11.8 Å². The summed E-state index contributed by atoms with van der Waals surface area (Å²) < 4.78 is 13.4. The van der Waals surface area contributed by atoms with E-state index in [1.165, 1.54) is 11.8 Å². The second-order valence-corrected chi connectivity index (χ2v) is 7.72. The van der Waals surface area contributed by atoms with Crippen molar-refractivity contribution in [1.82, 2.24) is 14.9 Å². The number of amides is 1. The zero-order chi connectivity index (χ0) is 21.5. The van der Waals surface area contributed by atoms with Crippen molar-refractivity contribution in [2.45, 2.75) is 45.4 Å². The van der Waals surface area contributed by atoms with Gasteiger partial charge in [-0.3, -0.25) is 4.79 Å². The van der Waals surface area contributed by atoms with Crippen LogP contribution in [0.4, 0.5) is 0 Å². The maximum Gasteiger partial charge on any atom is 0.230 e. The molecule has 0 aliphatic carbocycles. The minimum atomic E-state index is -0.141. The van der Waals surface area contributed by atoms with E-state index in [1.807, 2.05) is 57.2 Å². The van der Waals surface area contributed by atoms with E-state index in [9.17, 15) is 4.79 Å². The van der Waals surface area contributed by atoms with Crippen LogP contribution in [-0.4, -0.2) is 34.4 Å². The van der Waals surface area contributed by atoms with Gasteiger partial charge in [-0.2, -0.15) is 0 Å². The Kier molecular flexibility index (Phi) is 7.63. The monoisotopic (exact) mass is 427 g/mol. The molecular formula is C23H29N3O3S. The summed E-state index contributed by atoms with van der Waals surface area (Å²) >= 11 is 1.46. The summed E-state index contributed by atoms with van der Waals surface area (Å²) in [4.78, 5) is 17.2. The zero-order valence-electron chi connectivity index (χ0n) is 18.0. The Hall–Kier alpha value is -2.67. The lowest BCUT2D eigenvalue weighted by atomic mass is 10.1. The number of benzene rings is 2. The molecule has 0 radical (unpaired) electrons. The molecule has 1 heterocycles. The van der Waals surface area contributed by atoms with Gasteiger partial charge in [0.15, 0.2) is 16.7 Å². The van der Waals surface area contributed by atoms with Gasteiger partial charge in [0, 0.05) is 6.54 Å². The number of ether oxygens (including phenoxy) is 2. The van der Waals surface area contributed by atoms with E-state index in [4.69, 9.17) is 9.47 Å². The number of aryl methyl sites for hydroxylation is 1. The van der Waals surface area contributed by atoms with Gasteiger partial charge in [-0.25, -0.2) is 4.98 Å². The van der Waals surface area contributed by atoms with Gasteiger partial charge in [0.25, 0.3) is 0 Å².